The number of thioether (sulfide) groups is 1. The maximum absolute atomic E-state index is 13.4. The van der Waals surface area contributed by atoms with Crippen LogP contribution in [0.1, 0.15) is 11.3 Å². The highest BCUT2D eigenvalue weighted by Crippen LogP contribution is 2.41. The molecule has 0 radical (unpaired) electrons. The first-order valence-corrected chi connectivity index (χ1v) is 10.3. The van der Waals surface area contributed by atoms with E-state index in [1.807, 2.05) is 0 Å². The first kappa shape index (κ1) is 20.7. The van der Waals surface area contributed by atoms with Gasteiger partial charge in [-0.2, -0.15) is 0 Å². The number of hydrogen-bond donors (Lipinski definition) is 0. The maximum atomic E-state index is 13.4. The zero-order valence-corrected chi connectivity index (χ0v) is 17.6. The first-order valence-electron chi connectivity index (χ1n) is 9.29. The highest BCUT2D eigenvalue weighted by Gasteiger charge is 2.40. The fourth-order valence-electron chi connectivity index (χ4n) is 3.25. The van der Waals surface area contributed by atoms with Gasteiger partial charge in [-0.25, -0.2) is 9.29 Å². The number of benzene rings is 2. The van der Waals surface area contributed by atoms with E-state index in [2.05, 4.69) is 0 Å². The van der Waals surface area contributed by atoms with Crippen molar-refractivity contribution in [1.82, 2.24) is 0 Å². The quantitative estimate of drug-likeness (QED) is 0.499. The van der Waals surface area contributed by atoms with Gasteiger partial charge in [0, 0.05) is 0 Å². The smallest absolute Gasteiger partial charge is 0.272 e. The van der Waals surface area contributed by atoms with Crippen molar-refractivity contribution < 1.29 is 27.9 Å². The summed E-state index contributed by atoms with van der Waals surface area (Å²) < 4.78 is 29.4. The Morgan fingerprint density at radius 3 is 2.35 bits per heavy atom. The summed E-state index contributed by atoms with van der Waals surface area (Å²) in [7, 11) is 3.01. The van der Waals surface area contributed by atoms with Crippen molar-refractivity contribution in [2.24, 2.45) is 0 Å². The normalized spacial score (nSPS) is 13.8. The minimum absolute atomic E-state index is 0.242. The number of nitrogens with zero attached hydrogens (tertiary/aromatic N) is 1. The molecule has 0 saturated carbocycles. The SMILES string of the molecule is COc1ccc(C2=C(SCc3ccco3)C(=O)N(c3ccc(F)cc3)C2=O)cc1OC. The van der Waals surface area contributed by atoms with Crippen LogP contribution >= 0.6 is 11.8 Å². The summed E-state index contributed by atoms with van der Waals surface area (Å²) in [5.41, 5.74) is 1.05. The van der Waals surface area contributed by atoms with Crippen LogP contribution in [-0.4, -0.2) is 26.0 Å². The molecule has 158 valence electrons. The van der Waals surface area contributed by atoms with E-state index in [0.29, 0.717) is 34.3 Å². The van der Waals surface area contributed by atoms with Gasteiger partial charge in [-0.1, -0.05) is 6.07 Å². The number of amides is 2. The molecule has 1 aliphatic heterocycles. The summed E-state index contributed by atoms with van der Waals surface area (Å²) in [6.45, 7) is 0. The van der Waals surface area contributed by atoms with Gasteiger partial charge in [0.15, 0.2) is 11.5 Å². The van der Waals surface area contributed by atoms with Crippen LogP contribution in [0.15, 0.2) is 70.2 Å². The van der Waals surface area contributed by atoms with E-state index < -0.39 is 17.6 Å². The van der Waals surface area contributed by atoms with Gasteiger partial charge in [-0.15, -0.1) is 11.8 Å². The largest absolute Gasteiger partial charge is 0.493 e. The van der Waals surface area contributed by atoms with Crippen molar-refractivity contribution in [1.29, 1.82) is 0 Å². The number of halogens is 1. The van der Waals surface area contributed by atoms with Crippen LogP contribution in [0.2, 0.25) is 0 Å². The van der Waals surface area contributed by atoms with Crippen LogP contribution in [0, 0.1) is 5.82 Å². The van der Waals surface area contributed by atoms with Crippen LogP contribution in [0.3, 0.4) is 0 Å². The maximum Gasteiger partial charge on any atom is 0.272 e. The summed E-state index contributed by atoms with van der Waals surface area (Å²) in [6.07, 6.45) is 1.55. The molecular formula is C23H18FNO5S. The zero-order valence-electron chi connectivity index (χ0n) is 16.8. The number of furan rings is 1. The number of carbonyl (C=O) groups is 2. The molecule has 0 bridgehead atoms. The summed E-state index contributed by atoms with van der Waals surface area (Å²) >= 11 is 1.21. The second-order valence-electron chi connectivity index (χ2n) is 6.56. The lowest BCUT2D eigenvalue weighted by Gasteiger charge is -2.15. The third-order valence-electron chi connectivity index (χ3n) is 4.74. The lowest BCUT2D eigenvalue weighted by Crippen LogP contribution is -2.31. The third-order valence-corrected chi connectivity index (χ3v) is 5.83. The molecule has 8 heteroatoms. The molecule has 3 aromatic rings. The number of hydrogen-bond acceptors (Lipinski definition) is 6. The Hall–Kier alpha value is -3.52. The number of carbonyl (C=O) groups excluding carboxylic acids is 2. The molecule has 0 spiro atoms. The predicted octanol–water partition coefficient (Wildman–Crippen LogP) is 4.65. The van der Waals surface area contributed by atoms with Gasteiger partial charge in [0.2, 0.25) is 0 Å². The molecule has 0 atom stereocenters. The van der Waals surface area contributed by atoms with Crippen molar-refractivity contribution in [3.05, 3.63) is 82.9 Å². The molecule has 0 N–H and O–H groups in total. The van der Waals surface area contributed by atoms with Crippen LogP contribution in [0.4, 0.5) is 10.1 Å². The van der Waals surface area contributed by atoms with Gasteiger partial charge in [-0.3, -0.25) is 9.59 Å². The Labute approximate surface area is 182 Å². The molecule has 2 amide bonds. The highest BCUT2D eigenvalue weighted by molar-refractivity contribution is 8.03. The number of methoxy groups -OCH3 is 2. The molecule has 6 nitrogen and oxygen atoms in total. The van der Waals surface area contributed by atoms with E-state index in [-0.39, 0.29) is 10.5 Å². The van der Waals surface area contributed by atoms with Crippen molar-refractivity contribution in [2.75, 3.05) is 19.1 Å². The molecule has 2 heterocycles. The van der Waals surface area contributed by atoms with Crippen LogP contribution in [-0.2, 0) is 15.3 Å². The van der Waals surface area contributed by atoms with E-state index in [4.69, 9.17) is 13.9 Å². The highest BCUT2D eigenvalue weighted by atomic mass is 32.2. The molecule has 2 aromatic carbocycles. The monoisotopic (exact) mass is 439 g/mol. The number of anilines is 1. The van der Waals surface area contributed by atoms with E-state index in [0.717, 1.165) is 4.90 Å². The number of ether oxygens (including phenoxy) is 2. The summed E-state index contributed by atoms with van der Waals surface area (Å²) in [4.78, 5) is 28.0. The fraction of sp³-hybridized carbons (Fsp3) is 0.130. The van der Waals surface area contributed by atoms with Crippen molar-refractivity contribution >= 4 is 34.8 Å². The molecule has 0 fully saturated rings. The van der Waals surface area contributed by atoms with Gasteiger partial charge in [0.1, 0.15) is 11.6 Å². The van der Waals surface area contributed by atoms with Gasteiger partial charge in [-0.05, 0) is 54.1 Å². The van der Waals surface area contributed by atoms with Crippen LogP contribution < -0.4 is 14.4 Å². The van der Waals surface area contributed by atoms with Gasteiger partial charge < -0.3 is 13.9 Å². The minimum atomic E-state index is -0.495. The Morgan fingerprint density at radius 1 is 0.968 bits per heavy atom. The second kappa shape index (κ2) is 8.69. The standard InChI is InChI=1S/C23H18FNO5S/c1-28-18-10-5-14(12-19(18)29-2)20-21(31-13-17-4-3-11-30-17)23(27)25(22(20)26)16-8-6-15(24)7-9-16/h3-12H,13H2,1-2H3. The van der Waals surface area contributed by atoms with E-state index in [1.165, 1.54) is 50.2 Å². The molecule has 4 rings (SSSR count). The fourth-order valence-corrected chi connectivity index (χ4v) is 4.27. The van der Waals surface area contributed by atoms with E-state index in [1.54, 1.807) is 36.6 Å². The summed E-state index contributed by atoms with van der Waals surface area (Å²) in [5, 5.41) is 0. The zero-order chi connectivity index (χ0) is 22.0. The van der Waals surface area contributed by atoms with Crippen molar-refractivity contribution in [2.45, 2.75) is 5.75 Å². The molecule has 0 saturated heterocycles. The predicted molar refractivity (Wildman–Crippen MR) is 115 cm³/mol. The molecule has 31 heavy (non-hydrogen) atoms. The molecule has 1 aromatic heterocycles. The topological polar surface area (TPSA) is 69.0 Å². The van der Waals surface area contributed by atoms with Crippen LogP contribution in [0.5, 0.6) is 11.5 Å². The average Bonchev–Trinajstić information content (AvgIpc) is 3.38. The van der Waals surface area contributed by atoms with Crippen molar-refractivity contribution in [3.63, 3.8) is 0 Å². The third kappa shape index (κ3) is 3.94. The second-order valence-corrected chi connectivity index (χ2v) is 7.55. The Bertz CT molecular complexity index is 1160. The van der Waals surface area contributed by atoms with E-state index >= 15 is 0 Å². The number of imide groups is 1. The van der Waals surface area contributed by atoms with Crippen molar-refractivity contribution in [3.8, 4) is 11.5 Å². The lowest BCUT2D eigenvalue weighted by molar-refractivity contribution is -0.119. The lowest BCUT2D eigenvalue weighted by atomic mass is 10.1. The summed E-state index contributed by atoms with van der Waals surface area (Å²) in [5.74, 6) is 0.555. The first-order chi connectivity index (χ1) is 15.0. The molecule has 0 aliphatic carbocycles. The Balaban J connectivity index is 1.78. The Morgan fingerprint density at radius 2 is 1.71 bits per heavy atom. The number of rotatable bonds is 7. The molecule has 1 aliphatic rings. The van der Waals surface area contributed by atoms with E-state index in [9.17, 15) is 14.0 Å². The minimum Gasteiger partial charge on any atom is -0.493 e. The van der Waals surface area contributed by atoms with Crippen LogP contribution in [0.25, 0.3) is 5.57 Å². The molecule has 0 unspecified atom stereocenters. The average molecular weight is 439 g/mol. The van der Waals surface area contributed by atoms with Gasteiger partial charge in [0.05, 0.1) is 42.4 Å². The summed E-state index contributed by atoms with van der Waals surface area (Å²) in [6, 6.07) is 13.8. The van der Waals surface area contributed by atoms with Gasteiger partial charge in [0.25, 0.3) is 11.8 Å². The molecular weight excluding hydrogens is 421 g/mol. The van der Waals surface area contributed by atoms with Gasteiger partial charge >= 0.3 is 0 Å². The Kier molecular flexibility index (Phi) is 5.81.